The maximum Gasteiger partial charge on any atom is 0.274 e. The minimum atomic E-state index is -0.542. The van der Waals surface area contributed by atoms with E-state index < -0.39 is 5.91 Å². The lowest BCUT2D eigenvalue weighted by Crippen LogP contribution is -2.37. The third-order valence-electron chi connectivity index (χ3n) is 5.48. The highest BCUT2D eigenvalue weighted by Crippen LogP contribution is 2.43. The summed E-state index contributed by atoms with van der Waals surface area (Å²) >= 11 is 0. The van der Waals surface area contributed by atoms with Crippen LogP contribution in [0.25, 0.3) is 11.1 Å². The fourth-order valence-corrected chi connectivity index (χ4v) is 3.93. The molecule has 2 heterocycles. The molecule has 0 bridgehead atoms. The van der Waals surface area contributed by atoms with Crippen molar-refractivity contribution >= 4 is 23.5 Å². The lowest BCUT2D eigenvalue weighted by Gasteiger charge is -2.32. The predicted molar refractivity (Wildman–Crippen MR) is 118 cm³/mol. The second-order valence-electron chi connectivity index (χ2n) is 7.32. The number of aliphatic imine (C=N–C) groups is 1. The number of ether oxygens (including phenoxy) is 2. The summed E-state index contributed by atoms with van der Waals surface area (Å²) in [6.07, 6.45) is 1.86. The van der Waals surface area contributed by atoms with E-state index in [-0.39, 0.29) is 0 Å². The van der Waals surface area contributed by atoms with Crippen LogP contribution in [-0.4, -0.2) is 43.6 Å². The average molecular weight is 415 g/mol. The van der Waals surface area contributed by atoms with Gasteiger partial charge < -0.3 is 14.4 Å². The van der Waals surface area contributed by atoms with Gasteiger partial charge in [0.2, 0.25) is 0 Å². The fourth-order valence-electron chi connectivity index (χ4n) is 3.93. The predicted octanol–water partition coefficient (Wildman–Crippen LogP) is 4.17. The smallest absolute Gasteiger partial charge is 0.274 e. The zero-order chi connectivity index (χ0) is 21.2. The largest absolute Gasteiger partial charge is 0.454 e. The number of morpholine rings is 1. The van der Waals surface area contributed by atoms with E-state index in [0.29, 0.717) is 18.8 Å². The second-order valence-corrected chi connectivity index (χ2v) is 7.32. The van der Waals surface area contributed by atoms with Crippen LogP contribution in [0, 0.1) is 0 Å². The third-order valence-corrected chi connectivity index (χ3v) is 5.48. The Balaban J connectivity index is 1.64. The van der Waals surface area contributed by atoms with Gasteiger partial charge in [0.15, 0.2) is 5.75 Å². The molecule has 2 N–H and O–H groups in total. The van der Waals surface area contributed by atoms with Crippen molar-refractivity contribution in [3.8, 4) is 22.6 Å². The van der Waals surface area contributed by atoms with E-state index >= 15 is 0 Å². The van der Waals surface area contributed by atoms with Gasteiger partial charge in [0.05, 0.1) is 24.5 Å². The number of carbonyl (C=O) groups excluding carboxylic acids is 1. The van der Waals surface area contributed by atoms with Gasteiger partial charge in [-0.2, -0.15) is 0 Å². The standard InChI is InChI=1S/C24H21N3O4/c28-24(26-29)17-7-5-16(6-8-17)18-9-10-21-19(23(18)27-11-13-30-14-12-27)15-25-20-3-1-2-4-22(20)31-21/h1-10,15,29H,11-14H2,(H,26,28). The molecule has 7 nitrogen and oxygen atoms in total. The number of fused-ring (bicyclic) bond motifs is 2. The van der Waals surface area contributed by atoms with Crippen molar-refractivity contribution in [2.24, 2.45) is 4.99 Å². The maximum atomic E-state index is 11.7. The number of nitrogens with one attached hydrogen (secondary N) is 1. The number of para-hydroxylation sites is 2. The van der Waals surface area contributed by atoms with Crippen LogP contribution in [0.2, 0.25) is 0 Å². The quantitative estimate of drug-likeness (QED) is 0.388. The van der Waals surface area contributed by atoms with Gasteiger partial charge in [-0.1, -0.05) is 24.3 Å². The molecule has 31 heavy (non-hydrogen) atoms. The molecule has 2 aliphatic heterocycles. The molecule has 3 aromatic rings. The van der Waals surface area contributed by atoms with Crippen molar-refractivity contribution in [3.05, 3.63) is 71.8 Å². The van der Waals surface area contributed by atoms with Crippen LogP contribution in [0.1, 0.15) is 15.9 Å². The first-order chi connectivity index (χ1) is 15.2. The Labute approximate surface area is 179 Å². The number of benzene rings is 3. The Morgan fingerprint density at radius 3 is 2.52 bits per heavy atom. The number of amides is 1. The first-order valence-electron chi connectivity index (χ1n) is 10.1. The van der Waals surface area contributed by atoms with Crippen molar-refractivity contribution in [1.82, 2.24) is 5.48 Å². The number of rotatable bonds is 3. The number of hydroxylamine groups is 1. The number of anilines is 1. The maximum absolute atomic E-state index is 11.7. The SMILES string of the molecule is O=C(NO)c1ccc(-c2ccc3c(c2N2CCOCC2)C=Nc2ccccc2O3)cc1. The Bertz CT molecular complexity index is 1150. The van der Waals surface area contributed by atoms with E-state index in [2.05, 4.69) is 9.89 Å². The molecule has 0 spiro atoms. The Hall–Kier alpha value is -3.68. The molecule has 0 aromatic heterocycles. The first-order valence-corrected chi connectivity index (χ1v) is 10.1. The van der Waals surface area contributed by atoms with Gasteiger partial charge in [-0.15, -0.1) is 0 Å². The van der Waals surface area contributed by atoms with Crippen LogP contribution in [0.5, 0.6) is 11.5 Å². The van der Waals surface area contributed by atoms with Crippen LogP contribution in [0.3, 0.4) is 0 Å². The van der Waals surface area contributed by atoms with E-state index in [1.54, 1.807) is 17.6 Å². The summed E-state index contributed by atoms with van der Waals surface area (Å²) in [5.41, 5.74) is 6.73. The number of hydrogen-bond acceptors (Lipinski definition) is 6. The summed E-state index contributed by atoms with van der Waals surface area (Å²) < 4.78 is 11.8. The summed E-state index contributed by atoms with van der Waals surface area (Å²) in [4.78, 5) is 18.7. The zero-order valence-electron chi connectivity index (χ0n) is 16.7. The lowest BCUT2D eigenvalue weighted by atomic mass is 9.97. The molecule has 0 saturated carbocycles. The van der Waals surface area contributed by atoms with Crippen molar-refractivity contribution < 1.29 is 19.5 Å². The van der Waals surface area contributed by atoms with Crippen molar-refractivity contribution in [2.75, 3.05) is 31.2 Å². The van der Waals surface area contributed by atoms with E-state index in [4.69, 9.17) is 14.7 Å². The van der Waals surface area contributed by atoms with Gasteiger partial charge in [0, 0.05) is 30.4 Å². The van der Waals surface area contributed by atoms with E-state index in [0.717, 1.165) is 52.7 Å². The number of hydrogen-bond donors (Lipinski definition) is 2. The minimum Gasteiger partial charge on any atom is -0.454 e. The van der Waals surface area contributed by atoms with Crippen LogP contribution < -0.4 is 15.1 Å². The van der Waals surface area contributed by atoms with Crippen LogP contribution >= 0.6 is 0 Å². The summed E-state index contributed by atoms with van der Waals surface area (Å²) in [7, 11) is 0. The van der Waals surface area contributed by atoms with Crippen molar-refractivity contribution in [3.63, 3.8) is 0 Å². The molecule has 156 valence electrons. The molecule has 0 aliphatic carbocycles. The van der Waals surface area contributed by atoms with E-state index in [1.807, 2.05) is 54.7 Å². The molecule has 1 fully saturated rings. The monoisotopic (exact) mass is 415 g/mol. The molecule has 5 rings (SSSR count). The highest BCUT2D eigenvalue weighted by Gasteiger charge is 2.24. The van der Waals surface area contributed by atoms with Crippen LogP contribution in [0.15, 0.2) is 65.7 Å². The van der Waals surface area contributed by atoms with Crippen LogP contribution in [-0.2, 0) is 4.74 Å². The van der Waals surface area contributed by atoms with Gasteiger partial charge in [-0.25, -0.2) is 5.48 Å². The highest BCUT2D eigenvalue weighted by molar-refractivity contribution is 6.00. The Morgan fingerprint density at radius 2 is 1.74 bits per heavy atom. The third kappa shape index (κ3) is 3.65. The minimum absolute atomic E-state index is 0.384. The molecule has 0 radical (unpaired) electrons. The second kappa shape index (κ2) is 8.22. The Morgan fingerprint density at radius 1 is 0.968 bits per heavy atom. The van der Waals surface area contributed by atoms with Crippen molar-refractivity contribution in [1.29, 1.82) is 0 Å². The molecule has 7 heteroatoms. The molecule has 2 aliphatic rings. The average Bonchev–Trinajstić information content (AvgIpc) is 3.03. The summed E-state index contributed by atoms with van der Waals surface area (Å²) in [5, 5.41) is 8.88. The van der Waals surface area contributed by atoms with Gasteiger partial charge in [0.1, 0.15) is 11.4 Å². The first kappa shape index (κ1) is 19.3. The number of nitrogens with zero attached hydrogens (tertiary/aromatic N) is 2. The van der Waals surface area contributed by atoms with Gasteiger partial charge >= 0.3 is 0 Å². The van der Waals surface area contributed by atoms with E-state index in [9.17, 15) is 4.79 Å². The molecule has 3 aromatic carbocycles. The lowest BCUT2D eigenvalue weighted by molar-refractivity contribution is 0.0706. The van der Waals surface area contributed by atoms with Gasteiger partial charge in [-0.3, -0.25) is 15.0 Å². The summed E-state index contributed by atoms with van der Waals surface area (Å²) in [6, 6.07) is 18.8. The summed E-state index contributed by atoms with van der Waals surface area (Å²) in [6.45, 7) is 2.82. The molecule has 0 atom stereocenters. The molecular weight excluding hydrogens is 394 g/mol. The van der Waals surface area contributed by atoms with Gasteiger partial charge in [0.25, 0.3) is 5.91 Å². The molecule has 1 amide bonds. The molecular formula is C24H21N3O4. The zero-order valence-corrected chi connectivity index (χ0v) is 16.7. The Kier molecular flexibility index (Phi) is 5.11. The van der Waals surface area contributed by atoms with E-state index in [1.165, 1.54) is 0 Å². The van der Waals surface area contributed by atoms with Crippen molar-refractivity contribution in [2.45, 2.75) is 0 Å². The van der Waals surface area contributed by atoms with Crippen LogP contribution in [0.4, 0.5) is 11.4 Å². The topological polar surface area (TPSA) is 83.4 Å². The molecule has 0 unspecified atom stereocenters. The highest BCUT2D eigenvalue weighted by atomic mass is 16.5. The fraction of sp³-hybridized carbons (Fsp3) is 0.167. The van der Waals surface area contributed by atoms with Gasteiger partial charge in [-0.05, 0) is 42.0 Å². The number of carbonyl (C=O) groups is 1. The normalized spacial score (nSPS) is 14.8. The molecule has 1 saturated heterocycles. The summed E-state index contributed by atoms with van der Waals surface area (Å²) in [5.74, 6) is 0.924.